The Balaban J connectivity index is 1.55. The Morgan fingerprint density at radius 3 is 2.55 bits per heavy atom. The quantitative estimate of drug-likeness (QED) is 0.410. The Labute approximate surface area is 187 Å². The Morgan fingerprint density at radius 2 is 1.84 bits per heavy atom. The van der Waals surface area contributed by atoms with Crippen LogP contribution in [0, 0.1) is 0 Å². The lowest BCUT2D eigenvalue weighted by Gasteiger charge is -2.10. The lowest BCUT2D eigenvalue weighted by molar-refractivity contribution is 0.102. The van der Waals surface area contributed by atoms with Crippen molar-refractivity contribution >= 4 is 59.9 Å². The number of methoxy groups -OCH3 is 1. The van der Waals surface area contributed by atoms with Gasteiger partial charge in [-0.15, -0.1) is 0 Å². The summed E-state index contributed by atoms with van der Waals surface area (Å²) in [4.78, 5) is 16.7. The zero-order valence-corrected chi connectivity index (χ0v) is 18.5. The molecule has 2 N–H and O–H groups in total. The Kier molecular flexibility index (Phi) is 5.81. The second kappa shape index (κ2) is 8.54. The van der Waals surface area contributed by atoms with Gasteiger partial charge in [-0.05, 0) is 48.5 Å². The van der Waals surface area contributed by atoms with Gasteiger partial charge in [0.1, 0.15) is 5.75 Å². The monoisotopic (exact) mass is 473 g/mol. The van der Waals surface area contributed by atoms with E-state index in [2.05, 4.69) is 15.0 Å². The van der Waals surface area contributed by atoms with Crippen LogP contribution in [0.25, 0.3) is 10.2 Å². The van der Waals surface area contributed by atoms with Crippen molar-refractivity contribution in [3.8, 4) is 5.75 Å². The summed E-state index contributed by atoms with van der Waals surface area (Å²) in [7, 11) is -2.40. The van der Waals surface area contributed by atoms with Crippen molar-refractivity contribution in [1.29, 1.82) is 0 Å². The molecule has 0 fully saturated rings. The van der Waals surface area contributed by atoms with Gasteiger partial charge >= 0.3 is 0 Å². The van der Waals surface area contributed by atoms with Gasteiger partial charge in [-0.2, -0.15) is 0 Å². The largest absolute Gasteiger partial charge is 0.495 e. The number of fused-ring (bicyclic) bond motifs is 1. The van der Waals surface area contributed by atoms with Crippen LogP contribution in [-0.4, -0.2) is 26.4 Å². The number of hydrogen-bond acceptors (Lipinski definition) is 6. The van der Waals surface area contributed by atoms with Crippen LogP contribution in [0.15, 0.2) is 71.6 Å². The predicted octanol–water partition coefficient (Wildman–Crippen LogP) is 5.01. The van der Waals surface area contributed by atoms with Gasteiger partial charge in [0.2, 0.25) is 0 Å². The summed E-state index contributed by atoms with van der Waals surface area (Å²) in [6, 6.07) is 18.0. The third kappa shape index (κ3) is 4.63. The number of nitrogens with one attached hydrogen (secondary N) is 2. The SMILES string of the molecule is COc1ccc(S(=O)(=O)Nc2ccc3nc(NC(=O)c4ccccc4)sc3c2)cc1Cl. The topological polar surface area (TPSA) is 97.4 Å². The highest BCUT2D eigenvalue weighted by Gasteiger charge is 2.17. The van der Waals surface area contributed by atoms with E-state index in [1.807, 2.05) is 6.07 Å². The molecule has 0 unspecified atom stereocenters. The summed E-state index contributed by atoms with van der Waals surface area (Å²) in [5.74, 6) is 0.119. The number of ether oxygens (including phenoxy) is 1. The van der Waals surface area contributed by atoms with Gasteiger partial charge in [-0.1, -0.05) is 41.1 Å². The molecule has 0 aliphatic carbocycles. The molecule has 1 aromatic heterocycles. The summed E-state index contributed by atoms with van der Waals surface area (Å²) in [5, 5.41) is 3.38. The van der Waals surface area contributed by atoms with E-state index in [-0.39, 0.29) is 15.8 Å². The predicted molar refractivity (Wildman–Crippen MR) is 123 cm³/mol. The summed E-state index contributed by atoms with van der Waals surface area (Å²) < 4.78 is 33.7. The van der Waals surface area contributed by atoms with Crippen LogP contribution in [0.3, 0.4) is 0 Å². The van der Waals surface area contributed by atoms with Crippen molar-refractivity contribution in [2.75, 3.05) is 17.1 Å². The molecule has 0 aliphatic rings. The van der Waals surface area contributed by atoms with E-state index in [1.54, 1.807) is 42.5 Å². The first kappa shape index (κ1) is 21.1. The molecule has 158 valence electrons. The summed E-state index contributed by atoms with van der Waals surface area (Å²) in [6.07, 6.45) is 0. The zero-order valence-electron chi connectivity index (χ0n) is 16.1. The normalized spacial score (nSPS) is 11.3. The number of carbonyl (C=O) groups is 1. The number of anilines is 2. The van der Waals surface area contributed by atoms with E-state index in [0.717, 1.165) is 4.70 Å². The maximum Gasteiger partial charge on any atom is 0.261 e. The molecule has 4 rings (SSSR count). The minimum absolute atomic E-state index is 0.0125. The van der Waals surface area contributed by atoms with E-state index >= 15 is 0 Å². The number of halogens is 1. The Hall–Kier alpha value is -3.14. The second-order valence-electron chi connectivity index (χ2n) is 6.42. The highest BCUT2D eigenvalue weighted by molar-refractivity contribution is 7.92. The standard InChI is InChI=1S/C21H16ClN3O4S2/c1-29-18-10-8-15(12-16(18)22)31(27,28)25-14-7-9-17-19(11-14)30-21(23-17)24-20(26)13-5-3-2-4-6-13/h2-12,25H,1H3,(H,23,24,26). The highest BCUT2D eigenvalue weighted by Crippen LogP contribution is 2.31. The Morgan fingerprint density at radius 1 is 1.06 bits per heavy atom. The number of thiazole rings is 1. The van der Waals surface area contributed by atoms with E-state index < -0.39 is 10.0 Å². The first-order valence-corrected chi connectivity index (χ1v) is 11.7. The van der Waals surface area contributed by atoms with E-state index in [1.165, 1.54) is 36.6 Å². The van der Waals surface area contributed by atoms with Gasteiger partial charge in [0.15, 0.2) is 5.13 Å². The van der Waals surface area contributed by atoms with Crippen molar-refractivity contribution in [2.24, 2.45) is 0 Å². The van der Waals surface area contributed by atoms with Crippen molar-refractivity contribution in [3.63, 3.8) is 0 Å². The highest BCUT2D eigenvalue weighted by atomic mass is 35.5. The fourth-order valence-corrected chi connectivity index (χ4v) is 5.13. The number of benzene rings is 3. The molecular weight excluding hydrogens is 458 g/mol. The molecule has 31 heavy (non-hydrogen) atoms. The van der Waals surface area contributed by atoms with E-state index in [0.29, 0.717) is 27.6 Å². The maximum absolute atomic E-state index is 12.7. The van der Waals surface area contributed by atoms with Crippen molar-refractivity contribution in [2.45, 2.75) is 4.90 Å². The maximum atomic E-state index is 12.7. The van der Waals surface area contributed by atoms with Crippen LogP contribution < -0.4 is 14.8 Å². The lowest BCUT2D eigenvalue weighted by Crippen LogP contribution is -2.12. The minimum Gasteiger partial charge on any atom is -0.495 e. The zero-order chi connectivity index (χ0) is 22.0. The minimum atomic E-state index is -3.85. The Bertz CT molecular complexity index is 1370. The molecule has 0 saturated heterocycles. The van der Waals surface area contributed by atoms with Gasteiger partial charge < -0.3 is 4.74 Å². The van der Waals surface area contributed by atoms with Gasteiger partial charge in [0, 0.05) is 5.56 Å². The number of amides is 1. The first-order chi connectivity index (χ1) is 14.9. The fourth-order valence-electron chi connectivity index (χ4n) is 2.83. The first-order valence-electron chi connectivity index (χ1n) is 8.99. The molecule has 3 aromatic carbocycles. The van der Waals surface area contributed by atoms with Crippen LogP contribution >= 0.6 is 22.9 Å². The van der Waals surface area contributed by atoms with Crippen LogP contribution in [0.5, 0.6) is 5.75 Å². The average molecular weight is 474 g/mol. The number of nitrogens with zero attached hydrogens (tertiary/aromatic N) is 1. The van der Waals surface area contributed by atoms with Crippen molar-refractivity contribution in [1.82, 2.24) is 4.98 Å². The van der Waals surface area contributed by atoms with Crippen LogP contribution in [-0.2, 0) is 10.0 Å². The third-order valence-electron chi connectivity index (χ3n) is 4.33. The third-order valence-corrected chi connectivity index (χ3v) is 6.94. The molecule has 4 aromatic rings. The lowest BCUT2D eigenvalue weighted by atomic mass is 10.2. The fraction of sp³-hybridized carbons (Fsp3) is 0.0476. The van der Waals surface area contributed by atoms with E-state index in [9.17, 15) is 13.2 Å². The van der Waals surface area contributed by atoms with Crippen LogP contribution in [0.1, 0.15) is 10.4 Å². The number of aromatic nitrogens is 1. The molecule has 0 radical (unpaired) electrons. The molecule has 1 amide bonds. The van der Waals surface area contributed by atoms with Crippen LogP contribution in [0.4, 0.5) is 10.8 Å². The summed E-state index contributed by atoms with van der Waals surface area (Å²) >= 11 is 7.30. The van der Waals surface area contributed by atoms with Gasteiger partial charge in [0.05, 0.1) is 32.9 Å². The molecule has 0 aliphatic heterocycles. The smallest absolute Gasteiger partial charge is 0.261 e. The summed E-state index contributed by atoms with van der Waals surface area (Å²) in [5.41, 5.74) is 1.53. The number of rotatable bonds is 6. The van der Waals surface area contributed by atoms with E-state index in [4.69, 9.17) is 16.3 Å². The second-order valence-corrected chi connectivity index (χ2v) is 9.54. The molecule has 0 spiro atoms. The van der Waals surface area contributed by atoms with Crippen molar-refractivity contribution < 1.29 is 17.9 Å². The number of hydrogen-bond donors (Lipinski definition) is 2. The van der Waals surface area contributed by atoms with Crippen molar-refractivity contribution in [3.05, 3.63) is 77.3 Å². The van der Waals surface area contributed by atoms with Crippen LogP contribution in [0.2, 0.25) is 5.02 Å². The molecule has 7 nitrogen and oxygen atoms in total. The van der Waals surface area contributed by atoms with Gasteiger partial charge in [-0.3, -0.25) is 14.8 Å². The summed E-state index contributed by atoms with van der Waals surface area (Å²) in [6.45, 7) is 0. The van der Waals surface area contributed by atoms with Gasteiger partial charge in [-0.25, -0.2) is 13.4 Å². The molecule has 0 bridgehead atoms. The number of sulfonamides is 1. The molecular formula is C21H16ClN3O4S2. The number of carbonyl (C=O) groups excluding carboxylic acids is 1. The average Bonchev–Trinajstić information content (AvgIpc) is 3.15. The molecule has 0 saturated carbocycles. The van der Waals surface area contributed by atoms with Gasteiger partial charge in [0.25, 0.3) is 15.9 Å². The molecule has 1 heterocycles. The molecule has 10 heteroatoms. The molecule has 0 atom stereocenters.